The summed E-state index contributed by atoms with van der Waals surface area (Å²) in [6.45, 7) is 0. The van der Waals surface area contributed by atoms with E-state index in [4.69, 9.17) is 38.5 Å². The fraction of sp³-hybridized carbons (Fsp3) is 0.455. The average molecular weight is 567 g/mol. The number of hydrogen-bond donors (Lipinski definition) is 0. The van der Waals surface area contributed by atoms with Gasteiger partial charge in [0.2, 0.25) is 0 Å². The van der Waals surface area contributed by atoms with Crippen molar-refractivity contribution in [1.82, 2.24) is 0 Å². The van der Waals surface area contributed by atoms with Crippen molar-refractivity contribution in [3.63, 3.8) is 0 Å². The van der Waals surface area contributed by atoms with E-state index in [0.29, 0.717) is 23.7 Å². The van der Waals surface area contributed by atoms with Gasteiger partial charge in [-0.15, -0.1) is 38.5 Å². The van der Waals surface area contributed by atoms with Gasteiger partial charge in [0.05, 0.1) is 0 Å². The SMILES string of the molecule is C#Cc1cc(C#C)c(C#C)c(C23CC4CC(C2)CC(C25CC6CC(CC(c7cc(C#C)cc(C#C)c7C#C)(C6)C2)C5)(C4)C3)c1. The van der Waals surface area contributed by atoms with Crippen molar-refractivity contribution in [2.24, 2.45) is 34.5 Å². The molecule has 8 saturated carbocycles. The lowest BCUT2D eigenvalue weighted by molar-refractivity contribution is -0.212. The second-order valence-electron chi connectivity index (χ2n) is 15.8. The molecular weight excluding hydrogens is 528 g/mol. The molecule has 4 unspecified atom stereocenters. The van der Waals surface area contributed by atoms with Gasteiger partial charge in [0.25, 0.3) is 0 Å². The van der Waals surface area contributed by atoms with E-state index in [1.165, 1.54) is 88.2 Å². The van der Waals surface area contributed by atoms with Crippen LogP contribution >= 0.6 is 0 Å². The third-order valence-electron chi connectivity index (χ3n) is 13.6. The summed E-state index contributed by atoms with van der Waals surface area (Å²) in [5.41, 5.74) is 8.20. The maximum Gasteiger partial charge on any atom is 0.0437 e. The van der Waals surface area contributed by atoms with Crippen molar-refractivity contribution in [3.8, 4) is 74.1 Å². The molecule has 8 bridgehead atoms. The maximum atomic E-state index is 6.23. The molecule has 0 saturated heterocycles. The summed E-state index contributed by atoms with van der Waals surface area (Å²) >= 11 is 0. The Labute approximate surface area is 264 Å². The predicted octanol–water partition coefficient (Wildman–Crippen LogP) is 7.95. The van der Waals surface area contributed by atoms with Crippen molar-refractivity contribution < 1.29 is 0 Å². The zero-order valence-electron chi connectivity index (χ0n) is 25.6. The molecule has 0 radical (unpaired) electrons. The minimum atomic E-state index is 0.0325. The first-order valence-electron chi connectivity index (χ1n) is 16.4. The zero-order valence-corrected chi connectivity index (χ0v) is 25.6. The fourth-order valence-electron chi connectivity index (χ4n) is 13.2. The van der Waals surface area contributed by atoms with E-state index < -0.39 is 0 Å². The largest absolute Gasteiger partial charge is 0.115 e. The van der Waals surface area contributed by atoms with Crippen molar-refractivity contribution in [1.29, 1.82) is 0 Å². The van der Waals surface area contributed by atoms with Crippen LogP contribution in [0.25, 0.3) is 0 Å². The zero-order chi connectivity index (χ0) is 30.5. The molecule has 44 heavy (non-hydrogen) atoms. The monoisotopic (exact) mass is 566 g/mol. The van der Waals surface area contributed by atoms with Crippen LogP contribution in [0.2, 0.25) is 0 Å². The van der Waals surface area contributed by atoms with Gasteiger partial charge in [-0.05, 0) is 158 Å². The van der Waals surface area contributed by atoms with Crippen LogP contribution < -0.4 is 0 Å². The molecule has 8 aliphatic carbocycles. The average Bonchev–Trinajstić information content (AvgIpc) is 3.02. The highest BCUT2D eigenvalue weighted by Gasteiger charge is 2.70. The number of rotatable bonds is 3. The molecule has 0 nitrogen and oxygen atoms in total. The highest BCUT2D eigenvalue weighted by atomic mass is 14.7. The molecule has 8 aliphatic rings. The summed E-state index contributed by atoms with van der Waals surface area (Å²) < 4.78 is 0. The van der Waals surface area contributed by atoms with E-state index in [-0.39, 0.29) is 21.7 Å². The Balaban J connectivity index is 1.29. The molecule has 2 aromatic rings. The van der Waals surface area contributed by atoms with Gasteiger partial charge >= 0.3 is 0 Å². The van der Waals surface area contributed by atoms with E-state index in [1.807, 2.05) is 12.1 Å². The third kappa shape index (κ3) is 3.51. The Morgan fingerprint density at radius 2 is 0.818 bits per heavy atom. The van der Waals surface area contributed by atoms with Crippen LogP contribution in [0.15, 0.2) is 24.3 Å². The quantitative estimate of drug-likeness (QED) is 0.331. The Morgan fingerprint density at radius 1 is 0.455 bits per heavy atom. The van der Waals surface area contributed by atoms with Crippen LogP contribution in [0, 0.1) is 109 Å². The van der Waals surface area contributed by atoms with Crippen LogP contribution in [0.1, 0.15) is 122 Å². The lowest BCUT2D eigenvalue weighted by Gasteiger charge is -2.74. The first kappa shape index (κ1) is 27.4. The first-order chi connectivity index (χ1) is 21.3. The lowest BCUT2D eigenvalue weighted by Crippen LogP contribution is -2.66. The summed E-state index contributed by atoms with van der Waals surface area (Å²) in [5, 5.41) is 0. The molecule has 214 valence electrons. The Bertz CT molecular complexity index is 1720. The van der Waals surface area contributed by atoms with Gasteiger partial charge in [-0.1, -0.05) is 35.5 Å². The normalized spacial score (nSPS) is 38.5. The van der Waals surface area contributed by atoms with Crippen LogP contribution in [0.4, 0.5) is 0 Å². The standard InChI is InChI=1S/C44H38/c1-7-29-15-35(9-3)37(11-5)39(17-29)41-19-31-13-32(20-41)24-43(23-31,27-41)44-25-33-14-34(26-44)22-42(21-33,28-44)40-18-30(8-2)16-36(10-4)38(40)12-6/h1-6,15-18,31-34H,13-14,19-28H2. The van der Waals surface area contributed by atoms with Crippen molar-refractivity contribution in [2.45, 2.75) is 87.9 Å². The molecule has 0 spiro atoms. The fourth-order valence-corrected chi connectivity index (χ4v) is 13.2. The van der Waals surface area contributed by atoms with E-state index in [2.05, 4.69) is 47.7 Å². The molecule has 4 atom stereocenters. The van der Waals surface area contributed by atoms with Crippen molar-refractivity contribution in [3.05, 3.63) is 68.8 Å². The van der Waals surface area contributed by atoms with Gasteiger partial charge in [-0.25, -0.2) is 0 Å². The van der Waals surface area contributed by atoms with Crippen LogP contribution in [0.5, 0.6) is 0 Å². The van der Waals surface area contributed by atoms with Gasteiger partial charge in [-0.3, -0.25) is 0 Å². The molecule has 0 N–H and O–H groups in total. The minimum absolute atomic E-state index is 0.0325. The van der Waals surface area contributed by atoms with E-state index in [1.54, 1.807) is 0 Å². The number of terminal acetylenes is 6. The van der Waals surface area contributed by atoms with Crippen LogP contribution in [-0.4, -0.2) is 0 Å². The minimum Gasteiger partial charge on any atom is -0.115 e. The van der Waals surface area contributed by atoms with Crippen molar-refractivity contribution >= 4 is 0 Å². The second-order valence-corrected chi connectivity index (χ2v) is 15.8. The maximum absolute atomic E-state index is 6.23. The molecule has 2 aromatic carbocycles. The van der Waals surface area contributed by atoms with Gasteiger partial charge in [-0.2, -0.15) is 0 Å². The summed E-state index contributed by atoms with van der Waals surface area (Å²) in [6, 6.07) is 8.30. The molecular formula is C44H38. The number of hydrogen-bond acceptors (Lipinski definition) is 0. The van der Waals surface area contributed by atoms with Gasteiger partial charge < -0.3 is 0 Å². The molecule has 10 rings (SSSR count). The molecule has 0 amide bonds. The molecule has 0 aliphatic heterocycles. The van der Waals surface area contributed by atoms with E-state index in [0.717, 1.165) is 33.4 Å². The van der Waals surface area contributed by atoms with Gasteiger partial charge in [0.15, 0.2) is 0 Å². The summed E-state index contributed by atoms with van der Waals surface area (Å²) in [5.74, 6) is 20.5. The smallest absolute Gasteiger partial charge is 0.0437 e. The predicted molar refractivity (Wildman–Crippen MR) is 178 cm³/mol. The van der Waals surface area contributed by atoms with E-state index in [9.17, 15) is 0 Å². The molecule has 0 heteroatoms. The lowest BCUT2D eigenvalue weighted by atomic mass is 9.30. The van der Waals surface area contributed by atoms with E-state index >= 15 is 0 Å². The summed E-state index contributed by atoms with van der Waals surface area (Å²) in [7, 11) is 0. The highest BCUT2D eigenvalue weighted by molar-refractivity contribution is 5.61. The third-order valence-corrected chi connectivity index (χ3v) is 13.6. The summed E-state index contributed by atoms with van der Waals surface area (Å²) in [6.07, 6.45) is 51.7. The van der Waals surface area contributed by atoms with Gasteiger partial charge in [0.1, 0.15) is 0 Å². The second kappa shape index (κ2) is 9.16. The molecule has 8 fully saturated rings. The topological polar surface area (TPSA) is 0 Å². The Hall–Kier alpha value is -4.20. The van der Waals surface area contributed by atoms with Crippen molar-refractivity contribution in [2.75, 3.05) is 0 Å². The van der Waals surface area contributed by atoms with Crippen LogP contribution in [0.3, 0.4) is 0 Å². The Morgan fingerprint density at radius 3 is 1.11 bits per heavy atom. The summed E-state index contributed by atoms with van der Waals surface area (Å²) in [4.78, 5) is 0. The van der Waals surface area contributed by atoms with Gasteiger partial charge in [0, 0.05) is 33.4 Å². The number of benzene rings is 2. The first-order valence-corrected chi connectivity index (χ1v) is 16.4. The van der Waals surface area contributed by atoms with Crippen LogP contribution in [-0.2, 0) is 10.8 Å². The molecule has 0 heterocycles. The molecule has 0 aromatic heterocycles. The highest BCUT2D eigenvalue weighted by Crippen LogP contribution is 2.79. The Kier molecular flexibility index (Phi) is 5.69.